The minimum Gasteiger partial charge on any atom is -0.435 e. The molecule has 0 aliphatic carbocycles. The molecule has 0 saturated heterocycles. The lowest BCUT2D eigenvalue weighted by Gasteiger charge is -2.21. The van der Waals surface area contributed by atoms with Crippen molar-refractivity contribution in [3.63, 3.8) is 0 Å². The molecule has 5 heteroatoms. The van der Waals surface area contributed by atoms with E-state index in [9.17, 15) is 8.78 Å². The molecule has 120 valence electrons. The summed E-state index contributed by atoms with van der Waals surface area (Å²) in [5, 5.41) is 3.44. The van der Waals surface area contributed by atoms with Gasteiger partial charge in [0, 0.05) is 12.1 Å². The lowest BCUT2D eigenvalue weighted by molar-refractivity contribution is -0.0498. The van der Waals surface area contributed by atoms with Gasteiger partial charge in [0.25, 0.3) is 0 Å². The van der Waals surface area contributed by atoms with Crippen molar-refractivity contribution < 1.29 is 13.5 Å². The van der Waals surface area contributed by atoms with Crippen molar-refractivity contribution in [2.45, 2.75) is 45.9 Å². The number of ether oxygens (including phenoxy) is 1. The highest BCUT2D eigenvalue weighted by atomic mass is 19.3. The summed E-state index contributed by atoms with van der Waals surface area (Å²) in [6.45, 7) is 5.63. The number of alkyl halides is 2. The maximum Gasteiger partial charge on any atom is 0.387 e. The standard InChI is InChI=1S/C16H26F2N2O/c1-12(2)20(4)11-5-10-19-13(3)14-6-8-15(9-7-14)21-16(17)18/h6-9,12-13,16,19H,5,10-11H2,1-4H3. The average molecular weight is 300 g/mol. The van der Waals surface area contributed by atoms with Gasteiger partial charge >= 0.3 is 6.61 Å². The third kappa shape index (κ3) is 6.87. The first-order chi connectivity index (χ1) is 9.90. The fourth-order valence-electron chi connectivity index (χ4n) is 1.96. The van der Waals surface area contributed by atoms with Gasteiger partial charge in [-0.15, -0.1) is 0 Å². The largest absolute Gasteiger partial charge is 0.435 e. The normalized spacial score (nSPS) is 13.2. The van der Waals surface area contributed by atoms with Crippen molar-refractivity contribution in [1.82, 2.24) is 10.2 Å². The molecule has 1 rings (SSSR count). The Bertz CT molecular complexity index is 396. The van der Waals surface area contributed by atoms with Crippen molar-refractivity contribution in [3.05, 3.63) is 29.8 Å². The predicted molar refractivity (Wildman–Crippen MR) is 81.9 cm³/mol. The van der Waals surface area contributed by atoms with Gasteiger partial charge in [0.05, 0.1) is 0 Å². The summed E-state index contributed by atoms with van der Waals surface area (Å²) in [6, 6.07) is 7.53. The van der Waals surface area contributed by atoms with Gasteiger partial charge < -0.3 is 15.0 Å². The topological polar surface area (TPSA) is 24.5 Å². The second-order valence-electron chi connectivity index (χ2n) is 5.55. The molecule has 0 saturated carbocycles. The summed E-state index contributed by atoms with van der Waals surface area (Å²) in [7, 11) is 2.12. The van der Waals surface area contributed by atoms with E-state index in [1.165, 1.54) is 0 Å². The molecular formula is C16H26F2N2O. The number of hydrogen-bond acceptors (Lipinski definition) is 3. The molecule has 0 spiro atoms. The second kappa shape index (κ2) is 8.95. The van der Waals surface area contributed by atoms with Crippen LogP contribution in [0.15, 0.2) is 24.3 Å². The van der Waals surface area contributed by atoms with E-state index in [4.69, 9.17) is 0 Å². The van der Waals surface area contributed by atoms with E-state index < -0.39 is 6.61 Å². The highest BCUT2D eigenvalue weighted by Gasteiger charge is 2.08. The first-order valence-electron chi connectivity index (χ1n) is 7.38. The van der Waals surface area contributed by atoms with Crippen molar-refractivity contribution in [1.29, 1.82) is 0 Å². The van der Waals surface area contributed by atoms with Crippen molar-refractivity contribution in [2.75, 3.05) is 20.1 Å². The number of halogens is 2. The SMILES string of the molecule is CC(NCCCN(C)C(C)C)c1ccc(OC(F)F)cc1. The molecule has 0 aliphatic rings. The molecule has 1 N–H and O–H groups in total. The highest BCUT2D eigenvalue weighted by Crippen LogP contribution is 2.19. The summed E-state index contributed by atoms with van der Waals surface area (Å²) < 4.78 is 28.5. The number of hydrogen-bond donors (Lipinski definition) is 1. The van der Waals surface area contributed by atoms with Crippen molar-refractivity contribution >= 4 is 0 Å². The second-order valence-corrected chi connectivity index (χ2v) is 5.55. The zero-order valence-electron chi connectivity index (χ0n) is 13.3. The Balaban J connectivity index is 2.33. The minimum atomic E-state index is -2.77. The minimum absolute atomic E-state index is 0.190. The van der Waals surface area contributed by atoms with Gasteiger partial charge in [-0.25, -0.2) is 0 Å². The van der Waals surface area contributed by atoms with Crippen LogP contribution in [0.5, 0.6) is 5.75 Å². The van der Waals surface area contributed by atoms with Gasteiger partial charge in [-0.3, -0.25) is 0 Å². The maximum absolute atomic E-state index is 12.1. The summed E-state index contributed by atoms with van der Waals surface area (Å²) in [4.78, 5) is 2.31. The summed E-state index contributed by atoms with van der Waals surface area (Å²) in [5.41, 5.74) is 1.06. The molecule has 0 aromatic heterocycles. The molecular weight excluding hydrogens is 274 g/mol. The van der Waals surface area contributed by atoms with Gasteiger partial charge in [-0.05, 0) is 65.0 Å². The van der Waals surface area contributed by atoms with Crippen LogP contribution >= 0.6 is 0 Å². The Morgan fingerprint density at radius 3 is 2.29 bits per heavy atom. The molecule has 1 atom stereocenters. The fraction of sp³-hybridized carbons (Fsp3) is 0.625. The molecule has 3 nitrogen and oxygen atoms in total. The van der Waals surface area contributed by atoms with Crippen LogP contribution in [0.2, 0.25) is 0 Å². The Kier molecular flexibility index (Phi) is 7.61. The monoisotopic (exact) mass is 300 g/mol. The molecule has 0 aliphatic heterocycles. The van der Waals surface area contributed by atoms with Gasteiger partial charge in [0.1, 0.15) is 5.75 Å². The van der Waals surface area contributed by atoms with E-state index in [2.05, 4.69) is 42.8 Å². The zero-order valence-corrected chi connectivity index (χ0v) is 13.3. The molecule has 0 bridgehead atoms. The lowest BCUT2D eigenvalue weighted by atomic mass is 10.1. The Hall–Kier alpha value is -1.20. The Morgan fingerprint density at radius 1 is 1.14 bits per heavy atom. The van der Waals surface area contributed by atoms with Crippen LogP contribution in [-0.4, -0.2) is 37.7 Å². The molecule has 0 radical (unpaired) electrons. The van der Waals surface area contributed by atoms with Crippen LogP contribution in [0.3, 0.4) is 0 Å². The predicted octanol–water partition coefficient (Wildman–Crippen LogP) is 3.67. The summed E-state index contributed by atoms with van der Waals surface area (Å²) >= 11 is 0. The van der Waals surface area contributed by atoms with Crippen LogP contribution in [-0.2, 0) is 0 Å². The van der Waals surface area contributed by atoms with Gasteiger partial charge in [0.15, 0.2) is 0 Å². The molecule has 21 heavy (non-hydrogen) atoms. The van der Waals surface area contributed by atoms with Crippen LogP contribution < -0.4 is 10.1 Å². The van der Waals surface area contributed by atoms with Gasteiger partial charge in [-0.1, -0.05) is 12.1 Å². The van der Waals surface area contributed by atoms with E-state index in [-0.39, 0.29) is 11.8 Å². The third-order valence-corrected chi connectivity index (χ3v) is 3.62. The highest BCUT2D eigenvalue weighted by molar-refractivity contribution is 5.28. The van der Waals surface area contributed by atoms with E-state index in [1.807, 2.05) is 12.1 Å². The molecule has 1 unspecified atom stereocenters. The molecule has 0 fully saturated rings. The van der Waals surface area contributed by atoms with Gasteiger partial charge in [-0.2, -0.15) is 8.78 Å². The molecule has 1 aromatic rings. The summed E-state index contributed by atoms with van der Waals surface area (Å²) in [6.07, 6.45) is 1.07. The smallest absolute Gasteiger partial charge is 0.387 e. The number of benzene rings is 1. The lowest BCUT2D eigenvalue weighted by Crippen LogP contribution is -2.30. The first-order valence-corrected chi connectivity index (χ1v) is 7.38. The van der Waals surface area contributed by atoms with Crippen LogP contribution in [0.25, 0.3) is 0 Å². The van der Waals surface area contributed by atoms with E-state index in [0.29, 0.717) is 6.04 Å². The van der Waals surface area contributed by atoms with E-state index in [1.54, 1.807) is 12.1 Å². The number of nitrogens with zero attached hydrogens (tertiary/aromatic N) is 1. The third-order valence-electron chi connectivity index (χ3n) is 3.62. The zero-order chi connectivity index (χ0) is 15.8. The average Bonchev–Trinajstić information content (AvgIpc) is 2.43. The van der Waals surface area contributed by atoms with Crippen LogP contribution in [0.4, 0.5) is 8.78 Å². The molecule has 0 amide bonds. The molecule has 1 aromatic carbocycles. The van der Waals surface area contributed by atoms with Crippen LogP contribution in [0.1, 0.15) is 38.8 Å². The molecule has 0 heterocycles. The van der Waals surface area contributed by atoms with E-state index in [0.717, 1.165) is 25.1 Å². The quantitative estimate of drug-likeness (QED) is 0.704. The number of nitrogens with one attached hydrogen (secondary N) is 1. The first kappa shape index (κ1) is 17.9. The number of rotatable bonds is 9. The van der Waals surface area contributed by atoms with Gasteiger partial charge in [0.2, 0.25) is 0 Å². The maximum atomic E-state index is 12.1. The Labute approximate surface area is 126 Å². The van der Waals surface area contributed by atoms with Crippen molar-refractivity contribution in [2.24, 2.45) is 0 Å². The van der Waals surface area contributed by atoms with Crippen LogP contribution in [0, 0.1) is 0 Å². The Morgan fingerprint density at radius 2 is 1.76 bits per heavy atom. The fourth-order valence-corrected chi connectivity index (χ4v) is 1.96. The summed E-state index contributed by atoms with van der Waals surface area (Å²) in [5.74, 6) is 0.194. The van der Waals surface area contributed by atoms with E-state index >= 15 is 0 Å². The van der Waals surface area contributed by atoms with Crippen molar-refractivity contribution in [3.8, 4) is 5.75 Å².